The van der Waals surface area contributed by atoms with E-state index in [2.05, 4.69) is 36.5 Å². The van der Waals surface area contributed by atoms with Crippen molar-refractivity contribution in [3.05, 3.63) is 82.6 Å². The lowest BCUT2D eigenvalue weighted by molar-refractivity contribution is 0.0977. The second-order valence-electron chi connectivity index (χ2n) is 6.18. The first kappa shape index (κ1) is 18.9. The van der Waals surface area contributed by atoms with Crippen molar-refractivity contribution in [3.8, 4) is 11.5 Å². The molecule has 4 rings (SSSR count). The van der Waals surface area contributed by atoms with Crippen molar-refractivity contribution in [1.29, 1.82) is 0 Å². The number of nitrogens with zero attached hydrogens (tertiary/aromatic N) is 2. The van der Waals surface area contributed by atoms with Gasteiger partial charge < -0.3 is 14.8 Å². The summed E-state index contributed by atoms with van der Waals surface area (Å²) in [6.45, 7) is 0.579. The highest BCUT2D eigenvalue weighted by atomic mass is 79.9. The van der Waals surface area contributed by atoms with Crippen molar-refractivity contribution in [3.63, 3.8) is 0 Å². The number of pyridine rings is 1. The molecular formula is C21H17BrN4O3. The van der Waals surface area contributed by atoms with Crippen molar-refractivity contribution in [1.82, 2.24) is 10.3 Å². The van der Waals surface area contributed by atoms with E-state index in [0.717, 1.165) is 15.7 Å². The second-order valence-corrected chi connectivity index (χ2v) is 7.09. The van der Waals surface area contributed by atoms with Crippen LogP contribution in [-0.4, -0.2) is 23.6 Å². The topological polar surface area (TPSA) is 84.8 Å². The molecule has 2 aromatic carbocycles. The summed E-state index contributed by atoms with van der Waals surface area (Å²) >= 11 is 3.38. The normalized spacial score (nSPS) is 12.5. The van der Waals surface area contributed by atoms with Crippen molar-refractivity contribution in [2.45, 2.75) is 6.54 Å². The number of benzene rings is 2. The van der Waals surface area contributed by atoms with Gasteiger partial charge in [-0.15, -0.1) is 0 Å². The first-order chi connectivity index (χ1) is 14.2. The number of carbonyl (C=O) groups excluding carboxylic acids is 1. The molecule has 0 aliphatic carbocycles. The standard InChI is InChI=1S/C21H17BrN4O3/c22-16-3-1-2-15(10-16)20(27)26-21(24-12-14-6-8-23-9-7-14)25-17-4-5-18-19(11-17)29-13-28-18/h1-11H,12-13H2,(H2,24,25,26,27). The van der Waals surface area contributed by atoms with Crippen LogP contribution < -0.4 is 20.1 Å². The quantitative estimate of drug-likeness (QED) is 0.462. The molecule has 0 saturated heterocycles. The number of aromatic nitrogens is 1. The van der Waals surface area contributed by atoms with E-state index in [1.807, 2.05) is 24.3 Å². The third-order valence-corrected chi connectivity index (χ3v) is 4.62. The van der Waals surface area contributed by atoms with Gasteiger partial charge in [0.05, 0.1) is 6.54 Å². The molecule has 0 radical (unpaired) electrons. The Kier molecular flexibility index (Phi) is 5.71. The minimum Gasteiger partial charge on any atom is -0.454 e. The lowest BCUT2D eigenvalue weighted by Crippen LogP contribution is -2.36. The molecule has 0 fully saturated rings. The van der Waals surface area contributed by atoms with Crippen LogP contribution in [0.2, 0.25) is 0 Å². The molecule has 0 spiro atoms. The molecule has 29 heavy (non-hydrogen) atoms. The van der Waals surface area contributed by atoms with Gasteiger partial charge in [0.25, 0.3) is 5.91 Å². The van der Waals surface area contributed by atoms with E-state index in [1.165, 1.54) is 0 Å². The molecule has 146 valence electrons. The molecule has 1 amide bonds. The van der Waals surface area contributed by atoms with Crippen LogP contribution in [0.25, 0.3) is 0 Å². The Morgan fingerprint density at radius 1 is 1.07 bits per heavy atom. The molecule has 0 unspecified atom stereocenters. The van der Waals surface area contributed by atoms with Crippen molar-refractivity contribution in [2.24, 2.45) is 4.99 Å². The molecule has 1 aliphatic heterocycles. The van der Waals surface area contributed by atoms with Crippen LogP contribution in [0, 0.1) is 0 Å². The van der Waals surface area contributed by atoms with Crippen molar-refractivity contribution >= 4 is 33.5 Å². The highest BCUT2D eigenvalue weighted by Crippen LogP contribution is 2.34. The number of amides is 1. The monoisotopic (exact) mass is 452 g/mol. The fraction of sp³-hybridized carbons (Fsp3) is 0.0952. The van der Waals surface area contributed by atoms with Gasteiger partial charge in [0.15, 0.2) is 11.5 Å². The van der Waals surface area contributed by atoms with Crippen LogP contribution in [0.5, 0.6) is 11.5 Å². The van der Waals surface area contributed by atoms with Crippen LogP contribution in [-0.2, 0) is 6.54 Å². The molecule has 2 N–H and O–H groups in total. The number of hydrogen-bond donors (Lipinski definition) is 2. The Morgan fingerprint density at radius 2 is 1.90 bits per heavy atom. The lowest BCUT2D eigenvalue weighted by Gasteiger charge is -2.12. The summed E-state index contributed by atoms with van der Waals surface area (Å²) in [4.78, 5) is 21.2. The number of anilines is 1. The number of nitrogens with one attached hydrogen (secondary N) is 2. The fourth-order valence-electron chi connectivity index (χ4n) is 2.69. The van der Waals surface area contributed by atoms with Gasteiger partial charge in [-0.25, -0.2) is 4.99 Å². The Bertz CT molecular complexity index is 1060. The van der Waals surface area contributed by atoms with E-state index in [-0.39, 0.29) is 12.7 Å². The minimum absolute atomic E-state index is 0.196. The van der Waals surface area contributed by atoms with Crippen molar-refractivity contribution < 1.29 is 14.3 Å². The van der Waals surface area contributed by atoms with Gasteiger partial charge in [-0.2, -0.15) is 0 Å². The van der Waals surface area contributed by atoms with Gasteiger partial charge in [-0.05, 0) is 48.0 Å². The highest BCUT2D eigenvalue weighted by molar-refractivity contribution is 9.10. The number of guanidine groups is 1. The van der Waals surface area contributed by atoms with Crippen LogP contribution in [0.15, 0.2) is 76.5 Å². The van der Waals surface area contributed by atoms with Crippen molar-refractivity contribution in [2.75, 3.05) is 12.1 Å². The van der Waals surface area contributed by atoms with E-state index in [0.29, 0.717) is 29.6 Å². The van der Waals surface area contributed by atoms with Gasteiger partial charge in [-0.1, -0.05) is 22.0 Å². The SMILES string of the molecule is O=C(NC(=NCc1ccncc1)Nc1ccc2c(c1)OCO2)c1cccc(Br)c1. The Hall–Kier alpha value is -3.39. The van der Waals surface area contributed by atoms with E-state index >= 15 is 0 Å². The first-order valence-electron chi connectivity index (χ1n) is 8.84. The summed E-state index contributed by atoms with van der Waals surface area (Å²) < 4.78 is 11.6. The maximum absolute atomic E-state index is 12.7. The van der Waals surface area contributed by atoms with Crippen LogP contribution >= 0.6 is 15.9 Å². The molecule has 0 atom stereocenters. The highest BCUT2D eigenvalue weighted by Gasteiger charge is 2.15. The number of ether oxygens (including phenoxy) is 2. The summed E-state index contributed by atoms with van der Waals surface area (Å²) in [6.07, 6.45) is 3.41. The summed E-state index contributed by atoms with van der Waals surface area (Å²) in [5, 5.41) is 5.99. The van der Waals surface area contributed by atoms with Crippen LogP contribution in [0.4, 0.5) is 5.69 Å². The van der Waals surface area contributed by atoms with Gasteiger partial charge in [0, 0.05) is 34.2 Å². The fourth-order valence-corrected chi connectivity index (χ4v) is 3.09. The molecule has 7 nitrogen and oxygen atoms in total. The third-order valence-electron chi connectivity index (χ3n) is 4.12. The maximum atomic E-state index is 12.7. The van der Waals surface area contributed by atoms with Crippen LogP contribution in [0.3, 0.4) is 0 Å². The Balaban J connectivity index is 1.55. The smallest absolute Gasteiger partial charge is 0.257 e. The lowest BCUT2D eigenvalue weighted by atomic mass is 10.2. The minimum atomic E-state index is -0.270. The average Bonchev–Trinajstić information content (AvgIpc) is 3.20. The summed E-state index contributed by atoms with van der Waals surface area (Å²) in [5.41, 5.74) is 2.21. The third kappa shape index (κ3) is 4.91. The van der Waals surface area contributed by atoms with Gasteiger partial charge in [0.1, 0.15) is 0 Å². The number of hydrogen-bond acceptors (Lipinski definition) is 5. The zero-order chi connectivity index (χ0) is 20.1. The first-order valence-corrected chi connectivity index (χ1v) is 9.63. The Labute approximate surface area is 175 Å². The van der Waals surface area contributed by atoms with E-state index in [1.54, 1.807) is 42.7 Å². The zero-order valence-corrected chi connectivity index (χ0v) is 16.8. The number of fused-ring (bicyclic) bond motifs is 1. The molecule has 3 aromatic rings. The molecule has 2 heterocycles. The van der Waals surface area contributed by atoms with E-state index in [9.17, 15) is 4.79 Å². The van der Waals surface area contributed by atoms with Gasteiger partial charge in [0.2, 0.25) is 12.8 Å². The largest absolute Gasteiger partial charge is 0.454 e. The number of aliphatic imine (C=N–C) groups is 1. The average molecular weight is 453 g/mol. The zero-order valence-electron chi connectivity index (χ0n) is 15.3. The molecule has 8 heteroatoms. The Morgan fingerprint density at radius 3 is 2.72 bits per heavy atom. The van der Waals surface area contributed by atoms with Gasteiger partial charge >= 0.3 is 0 Å². The number of rotatable bonds is 4. The predicted octanol–water partition coefficient (Wildman–Crippen LogP) is 3.97. The van der Waals surface area contributed by atoms with Crippen LogP contribution in [0.1, 0.15) is 15.9 Å². The molecule has 0 bridgehead atoms. The molecule has 1 aliphatic rings. The number of carbonyl (C=O) groups is 1. The number of halogens is 1. The van der Waals surface area contributed by atoms with E-state index in [4.69, 9.17) is 9.47 Å². The van der Waals surface area contributed by atoms with Gasteiger partial charge in [-0.3, -0.25) is 15.1 Å². The second kappa shape index (κ2) is 8.74. The summed E-state index contributed by atoms with van der Waals surface area (Å²) in [7, 11) is 0. The summed E-state index contributed by atoms with van der Waals surface area (Å²) in [5.74, 6) is 1.38. The maximum Gasteiger partial charge on any atom is 0.257 e. The summed E-state index contributed by atoms with van der Waals surface area (Å²) in [6, 6.07) is 16.3. The molecule has 0 saturated carbocycles. The predicted molar refractivity (Wildman–Crippen MR) is 113 cm³/mol. The molecule has 1 aromatic heterocycles. The molecular weight excluding hydrogens is 436 g/mol. The van der Waals surface area contributed by atoms with E-state index < -0.39 is 0 Å².